The van der Waals surface area contributed by atoms with E-state index in [0.717, 1.165) is 11.8 Å². The number of carbonyl (C=O) groups is 2. The third kappa shape index (κ3) is 8.05. The molecule has 0 bridgehead atoms. The minimum Gasteiger partial charge on any atom is -0.357 e. The second-order valence-corrected chi connectivity index (χ2v) is 10.1. The Balaban J connectivity index is 2.12. The lowest BCUT2D eigenvalue weighted by Gasteiger charge is -2.30. The lowest BCUT2D eigenvalue weighted by molar-refractivity contribution is -0.140. The Morgan fingerprint density at radius 1 is 1.06 bits per heavy atom. The first-order valence-corrected chi connectivity index (χ1v) is 13.2. The van der Waals surface area contributed by atoms with Gasteiger partial charge in [0.05, 0.1) is 11.9 Å². The van der Waals surface area contributed by atoms with Crippen LogP contribution in [0.1, 0.15) is 31.7 Å². The number of amides is 2. The molecule has 33 heavy (non-hydrogen) atoms. The molecule has 0 saturated carbocycles. The molecule has 9 heteroatoms. The highest BCUT2D eigenvalue weighted by atomic mass is 35.5. The zero-order valence-electron chi connectivity index (χ0n) is 19.3. The van der Waals surface area contributed by atoms with Crippen molar-refractivity contribution < 1.29 is 18.0 Å². The van der Waals surface area contributed by atoms with Crippen LogP contribution in [0.2, 0.25) is 5.02 Å². The monoisotopic (exact) mass is 493 g/mol. The van der Waals surface area contributed by atoms with Crippen molar-refractivity contribution in [2.24, 2.45) is 0 Å². The van der Waals surface area contributed by atoms with Crippen LogP contribution in [0.15, 0.2) is 54.6 Å². The van der Waals surface area contributed by atoms with Gasteiger partial charge in [-0.3, -0.25) is 13.9 Å². The van der Waals surface area contributed by atoms with Gasteiger partial charge in [-0.2, -0.15) is 0 Å². The van der Waals surface area contributed by atoms with Crippen LogP contribution >= 0.6 is 11.6 Å². The number of sulfonamides is 1. The number of nitrogens with zero attached hydrogens (tertiary/aromatic N) is 2. The third-order valence-electron chi connectivity index (χ3n) is 5.36. The van der Waals surface area contributed by atoms with Crippen molar-refractivity contribution in [3.8, 4) is 0 Å². The summed E-state index contributed by atoms with van der Waals surface area (Å²) in [6, 6.07) is 15.8. The first-order chi connectivity index (χ1) is 15.7. The van der Waals surface area contributed by atoms with Crippen molar-refractivity contribution in [3.63, 3.8) is 0 Å². The molecule has 2 rings (SSSR count). The van der Waals surface area contributed by atoms with Gasteiger partial charge in [0.1, 0.15) is 6.04 Å². The number of likely N-dealkylation sites (N-methyl/N-ethyl adjacent to an activating group) is 1. The molecular weight excluding hydrogens is 462 g/mol. The number of anilines is 1. The van der Waals surface area contributed by atoms with E-state index in [1.54, 1.807) is 36.2 Å². The molecule has 1 N–H and O–H groups in total. The largest absolute Gasteiger partial charge is 0.357 e. The molecule has 0 spiro atoms. The quantitative estimate of drug-likeness (QED) is 0.490. The molecule has 2 aromatic rings. The van der Waals surface area contributed by atoms with Crippen molar-refractivity contribution >= 4 is 39.1 Å². The van der Waals surface area contributed by atoms with Crippen molar-refractivity contribution in [3.05, 3.63) is 65.2 Å². The van der Waals surface area contributed by atoms with E-state index in [1.165, 1.54) is 4.31 Å². The van der Waals surface area contributed by atoms with Crippen molar-refractivity contribution in [1.82, 2.24) is 10.2 Å². The third-order valence-corrected chi connectivity index (χ3v) is 6.79. The Morgan fingerprint density at radius 2 is 1.76 bits per heavy atom. The summed E-state index contributed by atoms with van der Waals surface area (Å²) in [5, 5.41) is 3.07. The molecule has 0 heterocycles. The molecule has 2 aromatic carbocycles. The smallest absolute Gasteiger partial charge is 0.242 e. The second-order valence-electron chi connectivity index (χ2n) is 7.78. The summed E-state index contributed by atoms with van der Waals surface area (Å²) in [7, 11) is -2.00. The minimum atomic E-state index is -3.55. The van der Waals surface area contributed by atoms with Gasteiger partial charge in [0.25, 0.3) is 0 Å². The SMILES string of the molecule is CC[C@@H](C(=O)NC)N(CCc1ccccc1)C(=O)CCCN(c1cccc(Cl)c1)S(C)(=O)=O. The van der Waals surface area contributed by atoms with Crippen molar-refractivity contribution in [2.45, 2.75) is 38.6 Å². The Hall–Kier alpha value is -2.58. The predicted octanol–water partition coefficient (Wildman–Crippen LogP) is 3.48. The number of halogens is 1. The van der Waals surface area contributed by atoms with Gasteiger partial charge in [-0.05, 0) is 43.0 Å². The Morgan fingerprint density at radius 3 is 2.33 bits per heavy atom. The summed E-state index contributed by atoms with van der Waals surface area (Å²) in [5.74, 6) is -0.392. The highest BCUT2D eigenvalue weighted by Gasteiger charge is 2.27. The van der Waals surface area contributed by atoms with E-state index in [-0.39, 0.29) is 24.8 Å². The Bertz CT molecular complexity index is 1030. The van der Waals surface area contributed by atoms with Gasteiger partial charge in [0.15, 0.2) is 0 Å². The van der Waals surface area contributed by atoms with Crippen LogP contribution in [0.3, 0.4) is 0 Å². The molecule has 0 aliphatic heterocycles. The molecule has 180 valence electrons. The second kappa shape index (κ2) is 12.6. The van der Waals surface area contributed by atoms with Gasteiger partial charge >= 0.3 is 0 Å². The molecule has 0 saturated heterocycles. The zero-order chi connectivity index (χ0) is 24.4. The van der Waals surface area contributed by atoms with Crippen LogP contribution in [-0.4, -0.2) is 57.6 Å². The summed E-state index contributed by atoms with van der Waals surface area (Å²) < 4.78 is 25.9. The van der Waals surface area contributed by atoms with Gasteiger partial charge in [-0.15, -0.1) is 0 Å². The van der Waals surface area contributed by atoms with Crippen LogP contribution in [-0.2, 0) is 26.0 Å². The molecule has 1 atom stereocenters. The van der Waals surface area contributed by atoms with E-state index in [1.807, 2.05) is 37.3 Å². The average molecular weight is 494 g/mol. The fourth-order valence-electron chi connectivity index (χ4n) is 3.70. The highest BCUT2D eigenvalue weighted by Crippen LogP contribution is 2.22. The molecule has 2 amide bonds. The van der Waals surface area contributed by atoms with Crippen LogP contribution in [0, 0.1) is 0 Å². The maximum absolute atomic E-state index is 13.2. The maximum Gasteiger partial charge on any atom is 0.242 e. The fraction of sp³-hybridized carbons (Fsp3) is 0.417. The van der Waals surface area contributed by atoms with Crippen LogP contribution < -0.4 is 9.62 Å². The van der Waals surface area contributed by atoms with Crippen molar-refractivity contribution in [2.75, 3.05) is 30.7 Å². The summed E-state index contributed by atoms with van der Waals surface area (Å²) in [6.07, 6.45) is 2.66. The molecule has 0 aliphatic carbocycles. The lowest BCUT2D eigenvalue weighted by Crippen LogP contribution is -2.49. The van der Waals surface area contributed by atoms with E-state index < -0.39 is 16.1 Å². The molecule has 0 unspecified atom stereocenters. The fourth-order valence-corrected chi connectivity index (χ4v) is 4.84. The van der Waals surface area contributed by atoms with Crippen LogP contribution in [0.4, 0.5) is 5.69 Å². The summed E-state index contributed by atoms with van der Waals surface area (Å²) >= 11 is 6.02. The molecule has 7 nitrogen and oxygen atoms in total. The Labute approximate surface area is 201 Å². The molecule has 0 aromatic heterocycles. The number of rotatable bonds is 12. The van der Waals surface area contributed by atoms with E-state index in [2.05, 4.69) is 5.32 Å². The van der Waals surface area contributed by atoms with E-state index in [4.69, 9.17) is 11.6 Å². The minimum absolute atomic E-state index is 0.120. The van der Waals surface area contributed by atoms with E-state index in [9.17, 15) is 18.0 Å². The van der Waals surface area contributed by atoms with E-state index >= 15 is 0 Å². The van der Waals surface area contributed by atoms with E-state index in [0.29, 0.717) is 36.5 Å². The number of benzene rings is 2. The first kappa shape index (κ1) is 26.7. The lowest BCUT2D eigenvalue weighted by atomic mass is 10.1. The van der Waals surface area contributed by atoms with Crippen molar-refractivity contribution in [1.29, 1.82) is 0 Å². The van der Waals surface area contributed by atoms with Gasteiger partial charge in [-0.1, -0.05) is 54.9 Å². The standard InChI is InChI=1S/C24H32ClN3O4S/c1-4-22(24(30)26-2)27(17-15-19-10-6-5-7-11-19)23(29)14-9-16-28(33(3,31)32)21-13-8-12-20(25)18-21/h5-8,10-13,18,22H,4,9,14-17H2,1-3H3,(H,26,30)/t22-/m0/s1. The normalized spacial score (nSPS) is 12.1. The number of hydrogen-bond acceptors (Lipinski definition) is 4. The highest BCUT2D eigenvalue weighted by molar-refractivity contribution is 7.92. The summed E-state index contributed by atoms with van der Waals surface area (Å²) in [4.78, 5) is 27.2. The van der Waals surface area contributed by atoms with Gasteiger partial charge in [0, 0.05) is 31.6 Å². The number of nitrogens with one attached hydrogen (secondary N) is 1. The van der Waals surface area contributed by atoms with Crippen LogP contribution in [0.25, 0.3) is 0 Å². The van der Waals surface area contributed by atoms with Gasteiger partial charge < -0.3 is 10.2 Å². The first-order valence-electron chi connectivity index (χ1n) is 11.0. The topological polar surface area (TPSA) is 86.8 Å². The van der Waals surface area contributed by atoms with Gasteiger partial charge in [-0.25, -0.2) is 8.42 Å². The van der Waals surface area contributed by atoms with Crippen LogP contribution in [0.5, 0.6) is 0 Å². The summed E-state index contributed by atoms with van der Waals surface area (Å²) in [6.45, 7) is 2.40. The average Bonchev–Trinajstić information content (AvgIpc) is 2.78. The Kier molecular flexibility index (Phi) is 10.2. The van der Waals surface area contributed by atoms with Gasteiger partial charge in [0.2, 0.25) is 21.8 Å². The zero-order valence-corrected chi connectivity index (χ0v) is 20.9. The summed E-state index contributed by atoms with van der Waals surface area (Å²) in [5.41, 5.74) is 1.53. The molecule has 0 aliphatic rings. The maximum atomic E-state index is 13.2. The number of hydrogen-bond donors (Lipinski definition) is 1. The molecule has 0 fully saturated rings. The molecular formula is C24H32ClN3O4S. The predicted molar refractivity (Wildman–Crippen MR) is 133 cm³/mol. The number of carbonyl (C=O) groups excluding carboxylic acids is 2. The molecule has 0 radical (unpaired) electrons.